The van der Waals surface area contributed by atoms with Gasteiger partial charge in [0.2, 0.25) is 11.8 Å². The first-order chi connectivity index (χ1) is 12.7. The third-order valence-corrected chi connectivity index (χ3v) is 5.33. The zero-order valence-corrected chi connectivity index (χ0v) is 15.1. The number of likely N-dealkylation sites (tertiary alicyclic amines) is 1. The Bertz CT molecular complexity index is 803. The molecule has 2 fully saturated rings. The first-order valence-corrected chi connectivity index (χ1v) is 9.72. The lowest BCUT2D eigenvalue weighted by Crippen LogP contribution is -2.38. The van der Waals surface area contributed by atoms with E-state index in [1.807, 2.05) is 33.7 Å². The molecule has 0 unspecified atom stereocenters. The summed E-state index contributed by atoms with van der Waals surface area (Å²) in [4.78, 5) is 31.3. The maximum atomic E-state index is 12.7. The van der Waals surface area contributed by atoms with Crippen LogP contribution in [0, 0.1) is 5.92 Å². The average molecular weight is 354 g/mol. The fourth-order valence-electron chi connectivity index (χ4n) is 3.66. The van der Waals surface area contributed by atoms with Crippen LogP contribution in [-0.2, 0) is 22.6 Å². The van der Waals surface area contributed by atoms with Crippen molar-refractivity contribution in [2.75, 3.05) is 19.6 Å². The van der Waals surface area contributed by atoms with Gasteiger partial charge in [-0.05, 0) is 44.2 Å². The molecule has 2 amide bonds. The number of carbonyl (C=O) groups is 2. The van der Waals surface area contributed by atoms with Crippen molar-refractivity contribution in [2.24, 2.45) is 5.92 Å². The summed E-state index contributed by atoms with van der Waals surface area (Å²) >= 11 is 0. The molecule has 26 heavy (non-hydrogen) atoms. The molecular weight excluding hydrogens is 328 g/mol. The van der Waals surface area contributed by atoms with Crippen molar-refractivity contribution in [3.05, 3.63) is 30.1 Å². The normalized spacial score (nSPS) is 17.5. The molecule has 0 atom stereocenters. The van der Waals surface area contributed by atoms with Crippen LogP contribution in [0.1, 0.15) is 37.9 Å². The Kier molecular flexibility index (Phi) is 4.91. The molecule has 0 spiro atoms. The molecule has 0 bridgehead atoms. The number of carbonyl (C=O) groups excluding carboxylic acids is 2. The largest absolute Gasteiger partial charge is 0.355 e. The van der Waals surface area contributed by atoms with E-state index >= 15 is 0 Å². The van der Waals surface area contributed by atoms with Crippen LogP contribution in [0.4, 0.5) is 0 Å². The summed E-state index contributed by atoms with van der Waals surface area (Å²) in [6.45, 7) is 2.61. The van der Waals surface area contributed by atoms with Gasteiger partial charge in [-0.25, -0.2) is 4.98 Å². The molecule has 4 rings (SSSR count). The number of benzene rings is 1. The van der Waals surface area contributed by atoms with Crippen molar-refractivity contribution in [3.63, 3.8) is 0 Å². The number of nitrogens with one attached hydrogen (secondary N) is 1. The van der Waals surface area contributed by atoms with Gasteiger partial charge >= 0.3 is 0 Å². The molecule has 2 aliphatic rings. The van der Waals surface area contributed by atoms with Gasteiger partial charge in [-0.3, -0.25) is 9.59 Å². The SMILES string of the molecule is O=C(NCCc1nc2ccccc2n1CC(=O)N1CCCCC1)C1CC1. The molecule has 2 heterocycles. The van der Waals surface area contributed by atoms with Gasteiger partial charge in [0, 0.05) is 32.0 Å². The maximum Gasteiger partial charge on any atom is 0.242 e. The number of hydrogen-bond acceptors (Lipinski definition) is 3. The van der Waals surface area contributed by atoms with Gasteiger partial charge in [-0.2, -0.15) is 0 Å². The highest BCUT2D eigenvalue weighted by molar-refractivity contribution is 5.82. The Labute approximate surface area is 153 Å². The summed E-state index contributed by atoms with van der Waals surface area (Å²) in [5.74, 6) is 1.40. The molecular formula is C20H26N4O2. The molecule has 1 N–H and O–H groups in total. The Morgan fingerprint density at radius 3 is 2.65 bits per heavy atom. The minimum absolute atomic E-state index is 0.150. The number of nitrogens with zero attached hydrogens (tertiary/aromatic N) is 3. The second-order valence-corrected chi connectivity index (χ2v) is 7.36. The van der Waals surface area contributed by atoms with E-state index in [9.17, 15) is 9.59 Å². The molecule has 1 saturated heterocycles. The van der Waals surface area contributed by atoms with Gasteiger partial charge in [0.1, 0.15) is 12.4 Å². The van der Waals surface area contributed by atoms with Crippen LogP contribution in [0.15, 0.2) is 24.3 Å². The van der Waals surface area contributed by atoms with Crippen LogP contribution in [0.25, 0.3) is 11.0 Å². The number of aromatic nitrogens is 2. The van der Waals surface area contributed by atoms with E-state index in [2.05, 4.69) is 5.32 Å². The zero-order valence-electron chi connectivity index (χ0n) is 15.1. The zero-order chi connectivity index (χ0) is 17.9. The molecule has 2 aromatic rings. The average Bonchev–Trinajstić information content (AvgIpc) is 3.47. The summed E-state index contributed by atoms with van der Waals surface area (Å²) in [6, 6.07) is 7.93. The minimum Gasteiger partial charge on any atom is -0.355 e. The number of piperidine rings is 1. The molecule has 1 saturated carbocycles. The van der Waals surface area contributed by atoms with E-state index in [4.69, 9.17) is 4.98 Å². The smallest absolute Gasteiger partial charge is 0.242 e. The fraction of sp³-hybridized carbons (Fsp3) is 0.550. The molecule has 138 valence electrons. The second-order valence-electron chi connectivity index (χ2n) is 7.36. The van der Waals surface area contributed by atoms with Gasteiger partial charge in [0.05, 0.1) is 11.0 Å². The minimum atomic E-state index is 0.150. The Morgan fingerprint density at radius 2 is 1.88 bits per heavy atom. The molecule has 1 aliphatic carbocycles. The summed E-state index contributed by atoms with van der Waals surface area (Å²) in [5, 5.41) is 2.99. The fourth-order valence-corrected chi connectivity index (χ4v) is 3.66. The first kappa shape index (κ1) is 17.1. The van der Waals surface area contributed by atoms with Crippen LogP contribution in [0.5, 0.6) is 0 Å². The van der Waals surface area contributed by atoms with Crippen LogP contribution in [0.3, 0.4) is 0 Å². The van der Waals surface area contributed by atoms with Crippen LogP contribution >= 0.6 is 0 Å². The van der Waals surface area contributed by atoms with Crippen molar-refractivity contribution in [1.82, 2.24) is 19.8 Å². The molecule has 1 aliphatic heterocycles. The van der Waals surface area contributed by atoms with E-state index in [1.165, 1.54) is 6.42 Å². The summed E-state index contributed by atoms with van der Waals surface area (Å²) in [5.41, 5.74) is 1.89. The number of amides is 2. The predicted octanol–water partition coefficient (Wildman–Crippen LogP) is 2.12. The standard InChI is InChI=1S/C20H26N4O2/c25-19(23-12-4-1-5-13-23)14-24-17-7-3-2-6-16(17)22-18(24)10-11-21-20(26)15-8-9-15/h2-3,6-7,15H,1,4-5,8-14H2,(H,21,26). The van der Waals surface area contributed by atoms with E-state index in [1.54, 1.807) is 0 Å². The second kappa shape index (κ2) is 7.48. The quantitative estimate of drug-likeness (QED) is 0.864. The van der Waals surface area contributed by atoms with Crippen molar-refractivity contribution >= 4 is 22.8 Å². The summed E-state index contributed by atoms with van der Waals surface area (Å²) < 4.78 is 2.02. The molecule has 0 radical (unpaired) electrons. The van der Waals surface area contributed by atoms with Crippen molar-refractivity contribution in [2.45, 2.75) is 45.1 Å². The monoisotopic (exact) mass is 354 g/mol. The highest BCUT2D eigenvalue weighted by Crippen LogP contribution is 2.28. The Hall–Kier alpha value is -2.37. The third kappa shape index (κ3) is 3.74. The Morgan fingerprint density at radius 1 is 1.12 bits per heavy atom. The highest BCUT2D eigenvalue weighted by Gasteiger charge is 2.29. The lowest BCUT2D eigenvalue weighted by molar-refractivity contribution is -0.132. The topological polar surface area (TPSA) is 67.2 Å². The van der Waals surface area contributed by atoms with Crippen LogP contribution in [-0.4, -0.2) is 45.9 Å². The number of hydrogen-bond donors (Lipinski definition) is 1. The molecule has 6 nitrogen and oxygen atoms in total. The Balaban J connectivity index is 1.49. The van der Waals surface area contributed by atoms with Crippen LogP contribution < -0.4 is 5.32 Å². The van der Waals surface area contributed by atoms with E-state index in [-0.39, 0.29) is 17.7 Å². The van der Waals surface area contributed by atoms with Gasteiger partial charge < -0.3 is 14.8 Å². The lowest BCUT2D eigenvalue weighted by atomic mass is 10.1. The molecule has 6 heteroatoms. The van der Waals surface area contributed by atoms with E-state index < -0.39 is 0 Å². The number of para-hydroxylation sites is 2. The molecule has 1 aromatic heterocycles. The predicted molar refractivity (Wildman–Crippen MR) is 99.6 cm³/mol. The highest BCUT2D eigenvalue weighted by atomic mass is 16.2. The third-order valence-electron chi connectivity index (χ3n) is 5.33. The summed E-state index contributed by atoms with van der Waals surface area (Å²) in [7, 11) is 0. The molecule has 1 aromatic carbocycles. The van der Waals surface area contributed by atoms with Gasteiger partial charge in [-0.15, -0.1) is 0 Å². The number of rotatable bonds is 6. The van der Waals surface area contributed by atoms with Crippen molar-refractivity contribution in [3.8, 4) is 0 Å². The summed E-state index contributed by atoms with van der Waals surface area (Å²) in [6.07, 6.45) is 6.06. The van der Waals surface area contributed by atoms with Gasteiger partial charge in [-0.1, -0.05) is 12.1 Å². The first-order valence-electron chi connectivity index (χ1n) is 9.72. The number of imidazole rings is 1. The number of fused-ring (bicyclic) bond motifs is 1. The van der Waals surface area contributed by atoms with Crippen molar-refractivity contribution in [1.29, 1.82) is 0 Å². The van der Waals surface area contributed by atoms with E-state index in [0.717, 1.165) is 55.6 Å². The van der Waals surface area contributed by atoms with Gasteiger partial charge in [0.25, 0.3) is 0 Å². The van der Waals surface area contributed by atoms with Gasteiger partial charge in [0.15, 0.2) is 0 Å². The lowest BCUT2D eigenvalue weighted by Gasteiger charge is -2.27. The maximum absolute atomic E-state index is 12.7. The van der Waals surface area contributed by atoms with Crippen molar-refractivity contribution < 1.29 is 9.59 Å². The van der Waals surface area contributed by atoms with Crippen LogP contribution in [0.2, 0.25) is 0 Å². The van der Waals surface area contributed by atoms with E-state index in [0.29, 0.717) is 19.5 Å².